The molecule has 2 aliphatic rings. The van der Waals surface area contributed by atoms with Gasteiger partial charge in [-0.1, -0.05) is 38.3 Å². The third-order valence-electron chi connectivity index (χ3n) is 7.43. The number of aliphatic hydroxyl groups is 1. The molecule has 0 saturated heterocycles. The van der Waals surface area contributed by atoms with E-state index in [1.807, 2.05) is 6.92 Å². The SMILES string of the molecule is C[C@H](CO)N1C[C@H](C)[C@H](CN(C)C(=O)NC2CCCCC2)Oc2c(NS(=O)(=O)c3cccs3)cccc2C1=O. The number of sulfonamides is 1. The van der Waals surface area contributed by atoms with Crippen molar-refractivity contribution in [2.75, 3.05) is 31.5 Å². The van der Waals surface area contributed by atoms with Gasteiger partial charge in [-0.05, 0) is 43.3 Å². The van der Waals surface area contributed by atoms with E-state index < -0.39 is 22.2 Å². The zero-order valence-corrected chi connectivity index (χ0v) is 24.3. The molecule has 12 heteroatoms. The highest BCUT2D eigenvalue weighted by atomic mass is 32.2. The average Bonchev–Trinajstić information content (AvgIpc) is 3.47. The molecule has 214 valence electrons. The molecule has 1 aromatic carbocycles. The van der Waals surface area contributed by atoms with Crippen molar-refractivity contribution >= 4 is 39.0 Å². The largest absolute Gasteiger partial charge is 0.485 e. The predicted molar refractivity (Wildman–Crippen MR) is 151 cm³/mol. The first kappa shape index (κ1) is 29.2. The van der Waals surface area contributed by atoms with E-state index in [9.17, 15) is 23.1 Å². The first-order chi connectivity index (χ1) is 18.6. The summed E-state index contributed by atoms with van der Waals surface area (Å²) in [6.45, 7) is 3.97. The molecular formula is C27H38N4O6S2. The van der Waals surface area contributed by atoms with Crippen LogP contribution in [0.4, 0.5) is 10.5 Å². The predicted octanol–water partition coefficient (Wildman–Crippen LogP) is 3.74. The van der Waals surface area contributed by atoms with Gasteiger partial charge in [0.1, 0.15) is 10.3 Å². The fourth-order valence-electron chi connectivity index (χ4n) is 5.04. The van der Waals surface area contributed by atoms with E-state index in [1.165, 1.54) is 12.5 Å². The number of nitrogens with one attached hydrogen (secondary N) is 2. The lowest BCUT2D eigenvalue weighted by Gasteiger charge is -2.38. The van der Waals surface area contributed by atoms with Gasteiger partial charge in [0.05, 0.1) is 30.4 Å². The lowest BCUT2D eigenvalue weighted by Crippen LogP contribution is -2.52. The van der Waals surface area contributed by atoms with Gasteiger partial charge in [-0.2, -0.15) is 0 Å². The van der Waals surface area contributed by atoms with E-state index in [0.29, 0.717) is 6.54 Å². The van der Waals surface area contributed by atoms with Crippen LogP contribution in [0.15, 0.2) is 39.9 Å². The third kappa shape index (κ3) is 6.85. The van der Waals surface area contributed by atoms with Gasteiger partial charge in [-0.25, -0.2) is 13.2 Å². The number of rotatable bonds is 8. The van der Waals surface area contributed by atoms with Gasteiger partial charge in [0.2, 0.25) is 0 Å². The molecule has 1 aliphatic heterocycles. The zero-order valence-electron chi connectivity index (χ0n) is 22.6. The molecule has 2 heterocycles. The van der Waals surface area contributed by atoms with E-state index in [1.54, 1.807) is 53.4 Å². The summed E-state index contributed by atoms with van der Waals surface area (Å²) in [4.78, 5) is 29.8. The van der Waals surface area contributed by atoms with Gasteiger partial charge in [0.25, 0.3) is 15.9 Å². The van der Waals surface area contributed by atoms with Gasteiger partial charge in [0, 0.05) is 25.6 Å². The fraction of sp³-hybridized carbons (Fsp3) is 0.556. The summed E-state index contributed by atoms with van der Waals surface area (Å²) in [6.07, 6.45) is 4.77. The van der Waals surface area contributed by atoms with Crippen molar-refractivity contribution in [1.29, 1.82) is 0 Å². The molecule has 2 aromatic rings. The second-order valence-electron chi connectivity index (χ2n) is 10.5. The maximum Gasteiger partial charge on any atom is 0.317 e. The molecule has 3 N–H and O–H groups in total. The number of urea groups is 1. The second-order valence-corrected chi connectivity index (χ2v) is 13.4. The Labute approximate surface area is 234 Å². The Morgan fingerprint density at radius 1 is 1.23 bits per heavy atom. The highest BCUT2D eigenvalue weighted by Gasteiger charge is 2.35. The van der Waals surface area contributed by atoms with Crippen molar-refractivity contribution in [2.24, 2.45) is 5.92 Å². The standard InChI is InChI=1S/C27H38N4O6S2/c1-18-15-31(19(2)17-32)26(33)21-11-7-12-22(29-39(35,36)24-13-8-14-38-24)25(21)37-23(18)16-30(3)27(34)28-20-9-5-4-6-10-20/h7-8,11-14,18-20,23,29,32H,4-6,9-10,15-17H2,1-3H3,(H,28,34)/t18-,19+,23-/m0/s1. The molecule has 39 heavy (non-hydrogen) atoms. The van der Waals surface area contributed by atoms with Crippen molar-refractivity contribution in [3.05, 3.63) is 41.3 Å². The summed E-state index contributed by atoms with van der Waals surface area (Å²) in [7, 11) is -2.20. The minimum Gasteiger partial charge on any atom is -0.485 e. The number of benzene rings is 1. The van der Waals surface area contributed by atoms with E-state index in [2.05, 4.69) is 10.0 Å². The summed E-state index contributed by atoms with van der Waals surface area (Å²) >= 11 is 1.08. The molecule has 0 spiro atoms. The minimum absolute atomic E-state index is 0.107. The van der Waals surface area contributed by atoms with Crippen molar-refractivity contribution < 1.29 is 27.9 Å². The maximum atomic E-state index is 13.6. The Hall–Kier alpha value is -2.83. The molecule has 0 unspecified atom stereocenters. The van der Waals surface area contributed by atoms with Crippen molar-refractivity contribution in [1.82, 2.24) is 15.1 Å². The van der Waals surface area contributed by atoms with Crippen LogP contribution in [-0.2, 0) is 10.0 Å². The number of hydrogen-bond donors (Lipinski definition) is 3. The Balaban J connectivity index is 1.65. The summed E-state index contributed by atoms with van der Waals surface area (Å²) in [6, 6.07) is 7.38. The smallest absolute Gasteiger partial charge is 0.317 e. The van der Waals surface area contributed by atoms with E-state index >= 15 is 0 Å². The molecule has 10 nitrogen and oxygen atoms in total. The van der Waals surface area contributed by atoms with Crippen molar-refractivity contribution in [2.45, 2.75) is 68.3 Å². The van der Waals surface area contributed by atoms with E-state index in [4.69, 9.17) is 4.74 Å². The highest BCUT2D eigenvalue weighted by Crippen LogP contribution is 2.36. The number of anilines is 1. The number of amides is 3. The summed E-state index contributed by atoms with van der Waals surface area (Å²) in [5.41, 5.74) is 0.326. The minimum atomic E-state index is -3.91. The molecule has 0 bridgehead atoms. The topological polar surface area (TPSA) is 128 Å². The number of carbonyl (C=O) groups excluding carboxylic acids is 2. The number of fused-ring (bicyclic) bond motifs is 1. The van der Waals surface area contributed by atoms with Crippen LogP contribution in [0.5, 0.6) is 5.75 Å². The molecule has 1 saturated carbocycles. The monoisotopic (exact) mass is 578 g/mol. The molecule has 3 amide bonds. The Morgan fingerprint density at radius 2 is 1.97 bits per heavy atom. The number of nitrogens with zero attached hydrogens (tertiary/aromatic N) is 2. The molecular weight excluding hydrogens is 540 g/mol. The molecule has 3 atom stereocenters. The number of hydrogen-bond acceptors (Lipinski definition) is 7. The molecule has 0 radical (unpaired) electrons. The molecule has 1 aromatic heterocycles. The number of ether oxygens (including phenoxy) is 1. The Bertz CT molecular complexity index is 1250. The first-order valence-corrected chi connectivity index (χ1v) is 15.8. The van der Waals surface area contributed by atoms with Crippen LogP contribution in [0.25, 0.3) is 0 Å². The number of thiophene rings is 1. The van der Waals surface area contributed by atoms with Crippen LogP contribution in [0.1, 0.15) is 56.3 Å². The highest BCUT2D eigenvalue weighted by molar-refractivity contribution is 7.94. The molecule has 4 rings (SSSR count). The van der Waals surface area contributed by atoms with Gasteiger partial charge >= 0.3 is 6.03 Å². The van der Waals surface area contributed by atoms with E-state index in [0.717, 1.165) is 37.0 Å². The van der Waals surface area contributed by atoms with Gasteiger partial charge in [-0.3, -0.25) is 9.52 Å². The lowest BCUT2D eigenvalue weighted by molar-refractivity contribution is 0.0368. The zero-order chi connectivity index (χ0) is 28.2. The van der Waals surface area contributed by atoms with Crippen LogP contribution in [0.2, 0.25) is 0 Å². The Morgan fingerprint density at radius 3 is 2.64 bits per heavy atom. The second kappa shape index (κ2) is 12.6. The van der Waals surface area contributed by atoms with Crippen molar-refractivity contribution in [3.63, 3.8) is 0 Å². The lowest BCUT2D eigenvalue weighted by atomic mass is 9.96. The number of carbonyl (C=O) groups is 2. The molecule has 1 fully saturated rings. The third-order valence-corrected chi connectivity index (χ3v) is 10.2. The van der Waals surface area contributed by atoms with Crippen molar-refractivity contribution in [3.8, 4) is 5.75 Å². The quantitative estimate of drug-likeness (QED) is 0.438. The van der Waals surface area contributed by atoms with Crippen LogP contribution < -0.4 is 14.8 Å². The number of aliphatic hydroxyl groups excluding tert-OH is 1. The summed E-state index contributed by atoms with van der Waals surface area (Å²) in [5.74, 6) is -0.490. The fourth-order valence-corrected chi connectivity index (χ4v) is 7.09. The van der Waals surface area contributed by atoms with Gasteiger partial charge < -0.3 is 25.0 Å². The normalized spacial score (nSPS) is 21.2. The molecule has 1 aliphatic carbocycles. The van der Waals surface area contributed by atoms with Gasteiger partial charge in [0.15, 0.2) is 5.75 Å². The van der Waals surface area contributed by atoms with Crippen LogP contribution in [0.3, 0.4) is 0 Å². The number of likely N-dealkylation sites (N-methyl/N-ethyl adjacent to an activating group) is 1. The maximum absolute atomic E-state index is 13.6. The summed E-state index contributed by atoms with van der Waals surface area (Å²) in [5, 5.41) is 14.7. The Kier molecular flexibility index (Phi) is 9.39. The van der Waals surface area contributed by atoms with Crippen LogP contribution >= 0.6 is 11.3 Å². The van der Waals surface area contributed by atoms with Crippen LogP contribution in [-0.4, -0.2) is 80.2 Å². The van der Waals surface area contributed by atoms with E-state index in [-0.39, 0.29) is 58.3 Å². The van der Waals surface area contributed by atoms with Crippen LogP contribution in [0, 0.1) is 5.92 Å². The first-order valence-electron chi connectivity index (χ1n) is 13.4. The van der Waals surface area contributed by atoms with Gasteiger partial charge in [-0.15, -0.1) is 11.3 Å². The average molecular weight is 579 g/mol. The summed E-state index contributed by atoms with van der Waals surface area (Å²) < 4.78 is 35.3. The number of para-hydroxylation sites is 1.